The van der Waals surface area contributed by atoms with Crippen molar-refractivity contribution in [3.63, 3.8) is 0 Å². The second-order valence-electron chi connectivity index (χ2n) is 12.4. The molecule has 4 aromatic rings. The number of aliphatic hydroxyl groups is 1. The van der Waals surface area contributed by atoms with Crippen molar-refractivity contribution in [1.29, 1.82) is 0 Å². The fraction of sp³-hybridized carbons (Fsp3) is 0.300. The van der Waals surface area contributed by atoms with Gasteiger partial charge in [-0.2, -0.15) is 0 Å². The minimum Gasteiger partial charge on any atom is -0.397 e. The zero-order valence-corrected chi connectivity index (χ0v) is 28.0. The summed E-state index contributed by atoms with van der Waals surface area (Å²) in [6, 6.07) is 31.3. The summed E-state index contributed by atoms with van der Waals surface area (Å²) in [5.41, 5.74) is 12.9. The number of nitrogens with one attached hydrogen (secondary N) is 2. The molecule has 1 saturated heterocycles. The monoisotopic (exact) mass is 662 g/mol. The number of benzene rings is 4. The predicted octanol–water partition coefficient (Wildman–Crippen LogP) is 6.52. The van der Waals surface area contributed by atoms with Crippen LogP contribution in [0.15, 0.2) is 110 Å². The van der Waals surface area contributed by atoms with Gasteiger partial charge in [-0.1, -0.05) is 84.9 Å². The molecule has 2 amide bonds. The third kappa shape index (κ3) is 10.3. The highest BCUT2D eigenvalue weighted by Gasteiger charge is 2.32. The van der Waals surface area contributed by atoms with Crippen molar-refractivity contribution in [2.45, 2.75) is 57.3 Å². The number of rotatable bonds is 15. The summed E-state index contributed by atoms with van der Waals surface area (Å²) in [4.78, 5) is 26.9. The number of nitrogen functional groups attached to an aromatic ring is 1. The summed E-state index contributed by atoms with van der Waals surface area (Å²) in [6.45, 7) is 5.77. The SMILES string of the molecule is C=CCN(C)C[C@H]1C[C@@H](c2ccc(CO)cc2)O[C@@H](c2ccc(-c3cccc(CNC(=O)CCCC(=O)Nc4ccccc4N)c3)cc2)O1. The molecule has 49 heavy (non-hydrogen) atoms. The zero-order chi connectivity index (χ0) is 34.6. The Morgan fingerprint density at radius 3 is 2.37 bits per heavy atom. The molecule has 5 rings (SSSR count). The number of likely N-dealkylation sites (N-methyl/N-ethyl adjacent to an activating group) is 1. The van der Waals surface area contributed by atoms with Gasteiger partial charge in [0.15, 0.2) is 6.29 Å². The molecule has 9 nitrogen and oxygen atoms in total. The average Bonchev–Trinajstić information content (AvgIpc) is 3.12. The Bertz CT molecular complexity index is 1690. The zero-order valence-electron chi connectivity index (χ0n) is 28.0. The maximum Gasteiger partial charge on any atom is 0.224 e. The minimum absolute atomic E-state index is 0.00436. The number of nitrogens with zero attached hydrogens (tertiary/aromatic N) is 1. The maximum absolute atomic E-state index is 12.5. The lowest BCUT2D eigenvalue weighted by atomic mass is 9.99. The lowest BCUT2D eigenvalue weighted by Crippen LogP contribution is -2.37. The van der Waals surface area contributed by atoms with E-state index in [2.05, 4.69) is 47.4 Å². The van der Waals surface area contributed by atoms with Gasteiger partial charge in [0.25, 0.3) is 0 Å². The molecule has 0 radical (unpaired) electrons. The number of hydrogen-bond acceptors (Lipinski definition) is 7. The fourth-order valence-electron chi connectivity index (χ4n) is 5.89. The summed E-state index contributed by atoms with van der Waals surface area (Å²) in [5, 5.41) is 15.2. The summed E-state index contributed by atoms with van der Waals surface area (Å²) in [7, 11) is 2.06. The van der Waals surface area contributed by atoms with Crippen LogP contribution in [0.4, 0.5) is 11.4 Å². The number of carbonyl (C=O) groups is 2. The van der Waals surface area contributed by atoms with Gasteiger partial charge in [0.05, 0.1) is 30.2 Å². The highest BCUT2D eigenvalue weighted by atomic mass is 16.7. The van der Waals surface area contributed by atoms with Crippen molar-refractivity contribution in [3.05, 3.63) is 132 Å². The Kier molecular flexibility index (Phi) is 12.7. The van der Waals surface area contributed by atoms with Crippen LogP contribution in [0, 0.1) is 0 Å². The molecule has 0 unspecified atom stereocenters. The first-order valence-corrected chi connectivity index (χ1v) is 16.7. The first kappa shape index (κ1) is 35.5. The normalized spacial score (nSPS) is 17.4. The van der Waals surface area contributed by atoms with E-state index in [0.29, 0.717) is 24.3 Å². The van der Waals surface area contributed by atoms with E-state index in [-0.39, 0.29) is 43.5 Å². The molecule has 4 aromatic carbocycles. The van der Waals surface area contributed by atoms with Gasteiger partial charge < -0.3 is 35.8 Å². The molecule has 3 atom stereocenters. The second kappa shape index (κ2) is 17.6. The van der Waals surface area contributed by atoms with E-state index in [4.69, 9.17) is 15.2 Å². The van der Waals surface area contributed by atoms with Crippen LogP contribution in [0.3, 0.4) is 0 Å². The largest absolute Gasteiger partial charge is 0.397 e. The van der Waals surface area contributed by atoms with Gasteiger partial charge >= 0.3 is 0 Å². The third-order valence-corrected chi connectivity index (χ3v) is 8.55. The Balaban J connectivity index is 1.16. The average molecular weight is 663 g/mol. The molecule has 1 aliphatic heterocycles. The number of para-hydroxylation sites is 2. The standard InChI is InChI=1S/C40H46N4O5/c1-3-22-44(2)26-34-24-37(31-16-14-28(27-45)15-17-31)49-40(48-34)32-20-18-30(19-21-32)33-9-6-8-29(23-33)25-42-38(46)12-7-13-39(47)43-36-11-5-4-10-35(36)41/h3-6,8-11,14-21,23,34,37,40,45H,1,7,12-13,22,24-27,41H2,2H3,(H,42,46)(H,43,47)/t34-,37+,40+/m1/s1. The topological polar surface area (TPSA) is 126 Å². The van der Waals surface area contributed by atoms with E-state index in [1.807, 2.05) is 66.7 Å². The van der Waals surface area contributed by atoms with Gasteiger partial charge in [0.1, 0.15) is 0 Å². The highest BCUT2D eigenvalue weighted by molar-refractivity contribution is 5.94. The van der Waals surface area contributed by atoms with E-state index in [1.54, 1.807) is 18.2 Å². The smallest absolute Gasteiger partial charge is 0.224 e. The molecule has 9 heteroatoms. The van der Waals surface area contributed by atoms with E-state index < -0.39 is 6.29 Å². The summed E-state index contributed by atoms with van der Waals surface area (Å²) in [5.74, 6) is -0.277. The van der Waals surface area contributed by atoms with Crippen molar-refractivity contribution >= 4 is 23.2 Å². The Hall–Kier alpha value is -4.80. The van der Waals surface area contributed by atoms with Gasteiger partial charge in [-0.25, -0.2) is 0 Å². The first-order chi connectivity index (χ1) is 23.8. The van der Waals surface area contributed by atoms with E-state index in [1.165, 1.54) is 0 Å². The number of amides is 2. The molecule has 0 spiro atoms. The molecule has 0 aromatic heterocycles. The van der Waals surface area contributed by atoms with Crippen LogP contribution < -0.4 is 16.4 Å². The van der Waals surface area contributed by atoms with Crippen LogP contribution in [0.25, 0.3) is 11.1 Å². The van der Waals surface area contributed by atoms with Crippen LogP contribution >= 0.6 is 0 Å². The van der Waals surface area contributed by atoms with Gasteiger partial charge in [-0.05, 0) is 59.5 Å². The number of ether oxygens (including phenoxy) is 2. The van der Waals surface area contributed by atoms with Gasteiger partial charge in [-0.3, -0.25) is 9.59 Å². The van der Waals surface area contributed by atoms with Crippen LogP contribution in [-0.4, -0.2) is 48.1 Å². The lowest BCUT2D eigenvalue weighted by Gasteiger charge is -2.37. The third-order valence-electron chi connectivity index (χ3n) is 8.55. The van der Waals surface area contributed by atoms with E-state index >= 15 is 0 Å². The van der Waals surface area contributed by atoms with E-state index in [9.17, 15) is 14.7 Å². The lowest BCUT2D eigenvalue weighted by molar-refractivity contribution is -0.252. The van der Waals surface area contributed by atoms with Crippen molar-refractivity contribution in [1.82, 2.24) is 10.2 Å². The van der Waals surface area contributed by atoms with Crippen molar-refractivity contribution in [2.24, 2.45) is 0 Å². The van der Waals surface area contributed by atoms with Crippen LogP contribution in [0.1, 0.15) is 60.3 Å². The molecule has 1 heterocycles. The van der Waals surface area contributed by atoms with Gasteiger partial charge in [0.2, 0.25) is 11.8 Å². The molecule has 1 fully saturated rings. The maximum atomic E-state index is 12.5. The number of anilines is 2. The predicted molar refractivity (Wildman–Crippen MR) is 193 cm³/mol. The van der Waals surface area contributed by atoms with Gasteiger partial charge in [-0.15, -0.1) is 6.58 Å². The second-order valence-corrected chi connectivity index (χ2v) is 12.4. The van der Waals surface area contributed by atoms with Crippen molar-refractivity contribution in [3.8, 4) is 11.1 Å². The Morgan fingerprint density at radius 2 is 1.63 bits per heavy atom. The summed E-state index contributed by atoms with van der Waals surface area (Å²) < 4.78 is 13.0. The minimum atomic E-state index is -0.531. The quantitative estimate of drug-likeness (QED) is 0.0844. The van der Waals surface area contributed by atoms with Crippen molar-refractivity contribution in [2.75, 3.05) is 31.2 Å². The molecule has 0 aliphatic carbocycles. The number of carbonyl (C=O) groups excluding carboxylic acids is 2. The number of aliphatic hydroxyl groups excluding tert-OH is 1. The van der Waals surface area contributed by atoms with E-state index in [0.717, 1.165) is 52.9 Å². The molecular weight excluding hydrogens is 616 g/mol. The number of hydrogen-bond donors (Lipinski definition) is 4. The molecular formula is C40H46N4O5. The van der Waals surface area contributed by atoms with Crippen LogP contribution in [-0.2, 0) is 32.2 Å². The summed E-state index contributed by atoms with van der Waals surface area (Å²) >= 11 is 0. The van der Waals surface area contributed by atoms with Gasteiger partial charge in [0, 0.05) is 44.5 Å². The highest BCUT2D eigenvalue weighted by Crippen LogP contribution is 2.38. The molecule has 1 aliphatic rings. The molecule has 256 valence electrons. The Labute approximate surface area is 288 Å². The molecule has 0 saturated carbocycles. The summed E-state index contributed by atoms with van der Waals surface area (Å²) in [6.07, 6.45) is 2.81. The Morgan fingerprint density at radius 1 is 0.898 bits per heavy atom. The molecule has 5 N–H and O–H groups in total. The van der Waals surface area contributed by atoms with Crippen LogP contribution in [0.2, 0.25) is 0 Å². The van der Waals surface area contributed by atoms with Crippen LogP contribution in [0.5, 0.6) is 0 Å². The molecule has 0 bridgehead atoms. The van der Waals surface area contributed by atoms with Crippen molar-refractivity contribution < 1.29 is 24.2 Å². The fourth-order valence-corrected chi connectivity index (χ4v) is 5.89. The number of nitrogens with two attached hydrogens (primary N) is 1. The first-order valence-electron chi connectivity index (χ1n) is 16.7.